The minimum absolute atomic E-state index is 0.394. The predicted octanol–water partition coefficient (Wildman–Crippen LogP) is 3.66. The van der Waals surface area contributed by atoms with Crippen LogP contribution in [0.15, 0.2) is 36.7 Å². The molecule has 0 unspecified atom stereocenters. The number of piperidine rings is 1. The van der Waals surface area contributed by atoms with Crippen LogP contribution in [0.25, 0.3) is 11.0 Å². The number of aromatic nitrogens is 4. The molecule has 4 heterocycles. The molecule has 2 aromatic heterocycles. The third kappa shape index (κ3) is 3.88. The lowest BCUT2D eigenvalue weighted by Crippen LogP contribution is -2.40. The van der Waals surface area contributed by atoms with Crippen molar-refractivity contribution in [3.63, 3.8) is 0 Å². The smallest absolute Gasteiger partial charge is 0.172 e. The number of nitrogens with zero attached hydrogens (tertiary/aromatic N) is 6. The molecule has 2 fully saturated rings. The van der Waals surface area contributed by atoms with Crippen molar-refractivity contribution >= 4 is 28.5 Å². The number of hydrogen-bond acceptors (Lipinski definition) is 7. The van der Waals surface area contributed by atoms with Gasteiger partial charge in [-0.2, -0.15) is 0 Å². The van der Waals surface area contributed by atoms with E-state index in [2.05, 4.69) is 44.1 Å². The fraction of sp³-hybridized carbons (Fsp3) is 0.478. The molecule has 0 radical (unpaired) electrons. The van der Waals surface area contributed by atoms with Crippen molar-refractivity contribution in [1.29, 1.82) is 0 Å². The molecule has 2 saturated heterocycles. The molecule has 30 heavy (non-hydrogen) atoms. The van der Waals surface area contributed by atoms with Crippen molar-refractivity contribution in [2.24, 2.45) is 0 Å². The van der Waals surface area contributed by atoms with Gasteiger partial charge in [0.1, 0.15) is 12.1 Å². The standard InChI is InChI=1S/C23H29N7/c1-2-17-15-21(25-16-24-17)29-13-9-18(10-14-29)26-22-23(30-11-5-6-12-30)28-20-8-4-3-7-19(20)27-22/h3-4,7-8,15-16,18H,2,5-6,9-14H2,1H3,(H,26,27). The number of aryl methyl sites for hydroxylation is 1. The van der Waals surface area contributed by atoms with Crippen molar-refractivity contribution < 1.29 is 0 Å². The number of nitrogens with one attached hydrogen (secondary N) is 1. The first-order valence-electron chi connectivity index (χ1n) is 11.1. The van der Waals surface area contributed by atoms with Crippen LogP contribution < -0.4 is 15.1 Å². The Morgan fingerprint density at radius 3 is 2.40 bits per heavy atom. The largest absolute Gasteiger partial charge is 0.364 e. The second-order valence-corrected chi connectivity index (χ2v) is 8.21. The highest BCUT2D eigenvalue weighted by Crippen LogP contribution is 2.30. The highest BCUT2D eigenvalue weighted by atomic mass is 15.3. The predicted molar refractivity (Wildman–Crippen MR) is 121 cm³/mol. The average molecular weight is 404 g/mol. The van der Waals surface area contributed by atoms with Crippen LogP contribution in [0, 0.1) is 0 Å². The van der Waals surface area contributed by atoms with Gasteiger partial charge < -0.3 is 15.1 Å². The summed E-state index contributed by atoms with van der Waals surface area (Å²) in [6.45, 7) is 6.22. The van der Waals surface area contributed by atoms with Crippen LogP contribution in [0.2, 0.25) is 0 Å². The third-order valence-corrected chi connectivity index (χ3v) is 6.19. The monoisotopic (exact) mass is 403 g/mol. The van der Waals surface area contributed by atoms with Crippen LogP contribution >= 0.6 is 0 Å². The first-order chi connectivity index (χ1) is 14.8. The summed E-state index contributed by atoms with van der Waals surface area (Å²) in [5.41, 5.74) is 3.02. The number of para-hydroxylation sites is 2. The van der Waals surface area contributed by atoms with E-state index in [-0.39, 0.29) is 0 Å². The number of anilines is 3. The van der Waals surface area contributed by atoms with Gasteiger partial charge in [0, 0.05) is 44.0 Å². The Kier molecular flexibility index (Phi) is 5.34. The number of rotatable bonds is 5. The van der Waals surface area contributed by atoms with Gasteiger partial charge in [-0.25, -0.2) is 19.9 Å². The van der Waals surface area contributed by atoms with Gasteiger partial charge in [-0.3, -0.25) is 0 Å². The molecule has 1 N–H and O–H groups in total. The molecule has 7 nitrogen and oxygen atoms in total. The minimum atomic E-state index is 0.394. The molecular formula is C23H29N7. The zero-order chi connectivity index (χ0) is 20.3. The highest BCUT2D eigenvalue weighted by Gasteiger charge is 2.24. The van der Waals surface area contributed by atoms with Gasteiger partial charge in [-0.05, 0) is 44.2 Å². The maximum Gasteiger partial charge on any atom is 0.172 e. The lowest BCUT2D eigenvalue weighted by Gasteiger charge is -2.34. The van der Waals surface area contributed by atoms with Crippen molar-refractivity contribution in [2.75, 3.05) is 41.3 Å². The molecule has 2 aliphatic heterocycles. The Bertz CT molecular complexity index is 1010. The maximum absolute atomic E-state index is 4.98. The normalized spacial score (nSPS) is 17.6. The van der Waals surface area contributed by atoms with Crippen LogP contribution in [0.4, 0.5) is 17.5 Å². The SMILES string of the molecule is CCc1cc(N2CCC(Nc3nc4ccccc4nc3N3CCCC3)CC2)ncn1. The van der Waals surface area contributed by atoms with Crippen LogP contribution in [-0.4, -0.2) is 52.2 Å². The first kappa shape index (κ1) is 19.0. The molecule has 0 amide bonds. The van der Waals surface area contributed by atoms with Gasteiger partial charge in [0.2, 0.25) is 0 Å². The molecule has 156 valence electrons. The van der Waals surface area contributed by atoms with Crippen LogP contribution in [-0.2, 0) is 6.42 Å². The van der Waals surface area contributed by atoms with E-state index in [0.717, 1.165) is 79.6 Å². The molecule has 1 aromatic carbocycles. The zero-order valence-electron chi connectivity index (χ0n) is 17.6. The quantitative estimate of drug-likeness (QED) is 0.697. The molecule has 3 aromatic rings. The van der Waals surface area contributed by atoms with Crippen LogP contribution in [0.3, 0.4) is 0 Å². The second kappa shape index (κ2) is 8.42. The number of benzene rings is 1. The summed E-state index contributed by atoms with van der Waals surface area (Å²) in [6.07, 6.45) is 7.19. The van der Waals surface area contributed by atoms with E-state index in [1.807, 2.05) is 18.2 Å². The van der Waals surface area contributed by atoms with Gasteiger partial charge in [-0.1, -0.05) is 19.1 Å². The van der Waals surface area contributed by atoms with Crippen molar-refractivity contribution in [2.45, 2.75) is 45.1 Å². The summed E-state index contributed by atoms with van der Waals surface area (Å²) in [7, 11) is 0. The Morgan fingerprint density at radius 2 is 1.67 bits per heavy atom. The molecule has 2 aliphatic rings. The summed E-state index contributed by atoms with van der Waals surface area (Å²) in [6, 6.07) is 10.7. The fourth-order valence-corrected chi connectivity index (χ4v) is 4.44. The van der Waals surface area contributed by atoms with E-state index >= 15 is 0 Å². The Labute approximate surface area is 177 Å². The van der Waals surface area contributed by atoms with Crippen LogP contribution in [0.5, 0.6) is 0 Å². The van der Waals surface area contributed by atoms with Gasteiger partial charge >= 0.3 is 0 Å². The van der Waals surface area contributed by atoms with E-state index in [1.54, 1.807) is 6.33 Å². The molecule has 0 aliphatic carbocycles. The Morgan fingerprint density at radius 1 is 0.933 bits per heavy atom. The molecule has 0 saturated carbocycles. The highest BCUT2D eigenvalue weighted by molar-refractivity contribution is 5.80. The lowest BCUT2D eigenvalue weighted by atomic mass is 10.0. The average Bonchev–Trinajstić information content (AvgIpc) is 3.34. The fourth-order valence-electron chi connectivity index (χ4n) is 4.44. The van der Waals surface area contributed by atoms with Gasteiger partial charge in [0.15, 0.2) is 11.6 Å². The van der Waals surface area contributed by atoms with E-state index in [0.29, 0.717) is 6.04 Å². The van der Waals surface area contributed by atoms with Crippen molar-refractivity contribution in [3.8, 4) is 0 Å². The Balaban J connectivity index is 1.32. The van der Waals surface area contributed by atoms with Gasteiger partial charge in [0.25, 0.3) is 0 Å². The molecule has 7 heteroatoms. The molecule has 0 spiro atoms. The van der Waals surface area contributed by atoms with E-state index in [9.17, 15) is 0 Å². The summed E-state index contributed by atoms with van der Waals surface area (Å²) in [5.74, 6) is 2.99. The van der Waals surface area contributed by atoms with Crippen molar-refractivity contribution in [3.05, 3.63) is 42.4 Å². The lowest BCUT2D eigenvalue weighted by molar-refractivity contribution is 0.522. The first-order valence-corrected chi connectivity index (χ1v) is 11.1. The zero-order valence-corrected chi connectivity index (χ0v) is 17.6. The topological polar surface area (TPSA) is 70.1 Å². The summed E-state index contributed by atoms with van der Waals surface area (Å²) >= 11 is 0. The van der Waals surface area contributed by atoms with E-state index in [4.69, 9.17) is 9.97 Å². The molecule has 0 atom stereocenters. The third-order valence-electron chi connectivity index (χ3n) is 6.19. The van der Waals surface area contributed by atoms with E-state index in [1.165, 1.54) is 12.8 Å². The molecular weight excluding hydrogens is 374 g/mol. The molecule has 5 rings (SSSR count). The van der Waals surface area contributed by atoms with Gasteiger partial charge in [-0.15, -0.1) is 0 Å². The summed E-state index contributed by atoms with van der Waals surface area (Å²) < 4.78 is 0. The maximum atomic E-state index is 4.98. The van der Waals surface area contributed by atoms with Crippen LogP contribution in [0.1, 0.15) is 38.3 Å². The summed E-state index contributed by atoms with van der Waals surface area (Å²) in [5, 5.41) is 3.74. The number of hydrogen-bond donors (Lipinski definition) is 1. The minimum Gasteiger partial charge on any atom is -0.364 e. The number of fused-ring (bicyclic) bond motifs is 1. The van der Waals surface area contributed by atoms with Crippen molar-refractivity contribution in [1.82, 2.24) is 19.9 Å². The van der Waals surface area contributed by atoms with Gasteiger partial charge in [0.05, 0.1) is 11.0 Å². The Hall–Kier alpha value is -2.96. The molecule has 0 bridgehead atoms. The second-order valence-electron chi connectivity index (χ2n) is 8.21. The summed E-state index contributed by atoms with van der Waals surface area (Å²) in [4.78, 5) is 23.5. The van der Waals surface area contributed by atoms with E-state index < -0.39 is 0 Å².